The highest BCUT2D eigenvalue weighted by atomic mass is 79.9. The lowest BCUT2D eigenvalue weighted by atomic mass is 10.1. The Morgan fingerprint density at radius 2 is 1.95 bits per heavy atom. The van der Waals surface area contributed by atoms with Crippen LogP contribution in [0.4, 0.5) is 11.4 Å². The molecule has 5 nitrogen and oxygen atoms in total. The van der Waals surface area contributed by atoms with E-state index in [-0.39, 0.29) is 11.4 Å². The third-order valence-electron chi connectivity index (χ3n) is 3.26. The van der Waals surface area contributed by atoms with E-state index in [1.165, 1.54) is 6.07 Å². The number of aromatic hydroxyl groups is 1. The summed E-state index contributed by atoms with van der Waals surface area (Å²) in [6, 6.07) is 8.49. The van der Waals surface area contributed by atoms with E-state index in [0.717, 1.165) is 16.8 Å². The first kappa shape index (κ1) is 15.3. The third-order valence-corrected chi connectivity index (χ3v) is 3.75. The minimum absolute atomic E-state index is 0.0741. The molecule has 2 rings (SSSR count). The fourth-order valence-electron chi connectivity index (χ4n) is 2.04. The normalized spacial score (nSPS) is 10.4. The molecule has 0 bridgehead atoms. The number of hydrogen-bond acceptors (Lipinski definition) is 4. The highest BCUT2D eigenvalue weighted by Crippen LogP contribution is 2.27. The molecule has 21 heavy (non-hydrogen) atoms. The molecule has 0 atom stereocenters. The summed E-state index contributed by atoms with van der Waals surface area (Å²) in [4.78, 5) is 10.7. The number of nitrogens with one attached hydrogen (secondary N) is 1. The number of phenols is 1. The number of hydrogen-bond donors (Lipinski definition) is 2. The molecule has 0 aliphatic carbocycles. The van der Waals surface area contributed by atoms with Crippen molar-refractivity contribution in [1.29, 1.82) is 0 Å². The maximum atomic E-state index is 11.1. The fraction of sp³-hybridized carbons (Fsp3) is 0.200. The smallest absolute Gasteiger partial charge is 0.275 e. The molecule has 0 fully saturated rings. The van der Waals surface area contributed by atoms with Crippen LogP contribution in [0.25, 0.3) is 0 Å². The van der Waals surface area contributed by atoms with Gasteiger partial charge in [-0.05, 0) is 49.2 Å². The van der Waals surface area contributed by atoms with Gasteiger partial charge >= 0.3 is 0 Å². The summed E-state index contributed by atoms with van der Waals surface area (Å²) in [6.45, 7) is 4.02. The molecule has 0 aromatic heterocycles. The molecule has 2 aromatic carbocycles. The predicted octanol–water partition coefficient (Wildman–Crippen LogP) is 4.29. The van der Waals surface area contributed by atoms with Gasteiger partial charge in [0.1, 0.15) is 5.75 Å². The van der Waals surface area contributed by atoms with Crippen LogP contribution in [0.2, 0.25) is 0 Å². The van der Waals surface area contributed by atoms with Gasteiger partial charge in [-0.15, -0.1) is 0 Å². The van der Waals surface area contributed by atoms with Crippen LogP contribution in [0.1, 0.15) is 16.7 Å². The second-order valence-electron chi connectivity index (χ2n) is 4.84. The van der Waals surface area contributed by atoms with Gasteiger partial charge < -0.3 is 10.4 Å². The van der Waals surface area contributed by atoms with Crippen molar-refractivity contribution in [2.75, 3.05) is 5.32 Å². The van der Waals surface area contributed by atoms with Crippen molar-refractivity contribution < 1.29 is 10.0 Å². The second kappa shape index (κ2) is 6.13. The van der Waals surface area contributed by atoms with Crippen molar-refractivity contribution in [3.63, 3.8) is 0 Å². The Kier molecular flexibility index (Phi) is 4.47. The maximum Gasteiger partial charge on any atom is 0.275 e. The van der Waals surface area contributed by atoms with Crippen LogP contribution < -0.4 is 5.32 Å². The first-order chi connectivity index (χ1) is 9.88. The van der Waals surface area contributed by atoms with Crippen molar-refractivity contribution in [2.24, 2.45) is 0 Å². The maximum absolute atomic E-state index is 11.1. The van der Waals surface area contributed by atoms with Gasteiger partial charge in [0.15, 0.2) is 0 Å². The zero-order chi connectivity index (χ0) is 15.6. The largest absolute Gasteiger partial charge is 0.508 e. The van der Waals surface area contributed by atoms with Gasteiger partial charge in [0.05, 0.1) is 4.92 Å². The zero-order valence-electron chi connectivity index (χ0n) is 11.7. The van der Waals surface area contributed by atoms with Crippen LogP contribution in [0.3, 0.4) is 0 Å². The third kappa shape index (κ3) is 3.52. The van der Waals surface area contributed by atoms with Crippen LogP contribution in [0.5, 0.6) is 5.75 Å². The Morgan fingerprint density at radius 1 is 1.24 bits per heavy atom. The number of halogens is 1. The summed E-state index contributed by atoms with van der Waals surface area (Å²) in [7, 11) is 0. The van der Waals surface area contributed by atoms with E-state index in [9.17, 15) is 15.2 Å². The fourth-order valence-corrected chi connectivity index (χ4v) is 2.39. The van der Waals surface area contributed by atoms with Crippen LogP contribution in [-0.2, 0) is 6.54 Å². The summed E-state index contributed by atoms with van der Waals surface area (Å²) in [5.41, 5.74) is 3.17. The van der Waals surface area contributed by atoms with Crippen LogP contribution in [0.15, 0.2) is 34.8 Å². The molecule has 0 heterocycles. The number of nitro benzene ring substituents is 1. The molecule has 0 spiro atoms. The molecule has 0 aliphatic heterocycles. The molecule has 2 N–H and O–H groups in total. The summed E-state index contributed by atoms with van der Waals surface area (Å²) < 4.78 is 0.676. The van der Waals surface area contributed by atoms with E-state index in [4.69, 9.17) is 0 Å². The molecule has 0 amide bonds. The van der Waals surface area contributed by atoms with Crippen molar-refractivity contribution >= 4 is 27.3 Å². The molecular formula is C15H15BrN2O3. The molecular weight excluding hydrogens is 336 g/mol. The number of aryl methyl sites for hydroxylation is 2. The van der Waals surface area contributed by atoms with Crippen molar-refractivity contribution in [2.45, 2.75) is 20.4 Å². The van der Waals surface area contributed by atoms with E-state index in [0.29, 0.717) is 16.6 Å². The molecule has 6 heteroatoms. The molecule has 110 valence electrons. The first-order valence-corrected chi connectivity index (χ1v) is 7.14. The summed E-state index contributed by atoms with van der Waals surface area (Å²) >= 11 is 3.24. The molecule has 0 saturated carbocycles. The van der Waals surface area contributed by atoms with Gasteiger partial charge in [0.2, 0.25) is 0 Å². The predicted molar refractivity (Wildman–Crippen MR) is 85.7 cm³/mol. The van der Waals surface area contributed by atoms with Gasteiger partial charge in [-0.3, -0.25) is 10.1 Å². The second-order valence-corrected chi connectivity index (χ2v) is 5.75. The summed E-state index contributed by atoms with van der Waals surface area (Å²) in [5.74, 6) is 0.243. The van der Waals surface area contributed by atoms with Crippen molar-refractivity contribution in [3.8, 4) is 5.75 Å². The average molecular weight is 351 g/mol. The molecule has 0 saturated heterocycles. The number of benzene rings is 2. The van der Waals surface area contributed by atoms with E-state index in [2.05, 4.69) is 21.2 Å². The van der Waals surface area contributed by atoms with Gasteiger partial charge in [-0.25, -0.2) is 0 Å². The molecule has 0 aliphatic rings. The lowest BCUT2D eigenvalue weighted by molar-refractivity contribution is -0.385. The summed E-state index contributed by atoms with van der Waals surface area (Å²) in [6.07, 6.45) is 0. The Balaban J connectivity index is 2.25. The minimum Gasteiger partial charge on any atom is -0.508 e. The van der Waals surface area contributed by atoms with E-state index in [1.54, 1.807) is 18.2 Å². The zero-order valence-corrected chi connectivity index (χ0v) is 13.3. The number of phenolic OH excluding ortho intramolecular Hbond substituents is 1. The average Bonchev–Trinajstić information content (AvgIpc) is 2.42. The van der Waals surface area contributed by atoms with Crippen LogP contribution >= 0.6 is 15.9 Å². The van der Waals surface area contributed by atoms with Gasteiger partial charge in [0.25, 0.3) is 5.69 Å². The van der Waals surface area contributed by atoms with Crippen LogP contribution in [0, 0.1) is 24.0 Å². The standard InChI is InChI=1S/C15H15BrN2O3/c1-9-6-15(19)10(2)5-13(9)17-8-11-3-4-12(16)7-14(11)18(20)21/h3-7,17,19H,8H2,1-2H3. The minimum atomic E-state index is -0.392. The topological polar surface area (TPSA) is 75.4 Å². The summed E-state index contributed by atoms with van der Waals surface area (Å²) in [5, 5.41) is 23.9. The lowest BCUT2D eigenvalue weighted by Crippen LogP contribution is -2.04. The first-order valence-electron chi connectivity index (χ1n) is 6.35. The number of rotatable bonds is 4. The van der Waals surface area contributed by atoms with Gasteiger partial charge in [-0.1, -0.05) is 15.9 Å². The highest BCUT2D eigenvalue weighted by Gasteiger charge is 2.14. The molecule has 0 unspecified atom stereocenters. The Labute approximate surface area is 130 Å². The SMILES string of the molecule is Cc1cc(NCc2ccc(Br)cc2[N+](=O)[O-])c(C)cc1O. The monoisotopic (exact) mass is 350 g/mol. The Morgan fingerprint density at radius 3 is 2.62 bits per heavy atom. The van der Waals surface area contributed by atoms with E-state index < -0.39 is 4.92 Å². The Hall–Kier alpha value is -2.08. The van der Waals surface area contributed by atoms with Gasteiger partial charge in [0, 0.05) is 28.3 Å². The van der Waals surface area contributed by atoms with Crippen molar-refractivity contribution in [3.05, 3.63) is 61.6 Å². The number of anilines is 1. The number of nitrogens with zero attached hydrogens (tertiary/aromatic N) is 1. The van der Waals surface area contributed by atoms with Crippen LogP contribution in [-0.4, -0.2) is 10.0 Å². The lowest BCUT2D eigenvalue weighted by Gasteiger charge is -2.12. The highest BCUT2D eigenvalue weighted by molar-refractivity contribution is 9.10. The van der Waals surface area contributed by atoms with Gasteiger partial charge in [-0.2, -0.15) is 0 Å². The Bertz CT molecular complexity index is 702. The van der Waals surface area contributed by atoms with E-state index >= 15 is 0 Å². The van der Waals surface area contributed by atoms with Crippen molar-refractivity contribution in [1.82, 2.24) is 0 Å². The van der Waals surface area contributed by atoms with E-state index in [1.807, 2.05) is 19.9 Å². The molecule has 2 aromatic rings. The number of nitro groups is 1. The quantitative estimate of drug-likeness (QED) is 0.489. The molecule has 0 radical (unpaired) electrons.